The molecule has 3 N–H and O–H groups in total. The van der Waals surface area contributed by atoms with Crippen LogP contribution in [0.5, 0.6) is 0 Å². The Hall–Kier alpha value is -0.0800. The fourth-order valence-electron chi connectivity index (χ4n) is 2.21. The summed E-state index contributed by atoms with van der Waals surface area (Å²) in [6.07, 6.45) is 2.25. The molecule has 20 heavy (non-hydrogen) atoms. The van der Waals surface area contributed by atoms with Crippen LogP contribution in [0.4, 0.5) is 0 Å². The highest BCUT2D eigenvalue weighted by atomic mass is 79.9. The quantitative estimate of drug-likeness (QED) is 0.824. The molecule has 1 aliphatic heterocycles. The van der Waals surface area contributed by atoms with Gasteiger partial charge < -0.3 is 5.73 Å². The summed E-state index contributed by atoms with van der Waals surface area (Å²) in [5, 5.41) is 0.391. The summed E-state index contributed by atoms with van der Waals surface area (Å²) in [4.78, 5) is 0.279. The van der Waals surface area contributed by atoms with Gasteiger partial charge >= 0.3 is 0 Å². The predicted molar refractivity (Wildman–Crippen MR) is 87.4 cm³/mol. The summed E-state index contributed by atoms with van der Waals surface area (Å²) in [6, 6.07) is 3.54. The molecule has 1 unspecified atom stereocenters. The van der Waals surface area contributed by atoms with Gasteiger partial charge in [0.05, 0.1) is 4.90 Å². The third-order valence-electron chi connectivity index (χ3n) is 3.33. The Labute approximate surface area is 133 Å². The maximum atomic E-state index is 12.4. The van der Waals surface area contributed by atoms with Gasteiger partial charge in [-0.05, 0) is 58.6 Å². The maximum absolute atomic E-state index is 12.4. The molecule has 0 spiro atoms. The van der Waals surface area contributed by atoms with Gasteiger partial charge in [0.1, 0.15) is 0 Å². The molecule has 1 fully saturated rings. The van der Waals surface area contributed by atoms with Crippen molar-refractivity contribution in [1.29, 1.82) is 0 Å². The lowest BCUT2D eigenvalue weighted by Gasteiger charge is -2.14. The fraction of sp³-hybridized carbons (Fsp3) is 0.538. The van der Waals surface area contributed by atoms with Crippen LogP contribution in [0, 0.1) is 6.92 Å². The van der Waals surface area contributed by atoms with Crippen LogP contribution in [0.15, 0.2) is 21.5 Å². The van der Waals surface area contributed by atoms with Crippen LogP contribution < -0.4 is 10.5 Å². The van der Waals surface area contributed by atoms with Crippen LogP contribution in [0.3, 0.4) is 0 Å². The van der Waals surface area contributed by atoms with Gasteiger partial charge in [0.25, 0.3) is 0 Å². The number of benzene rings is 1. The van der Waals surface area contributed by atoms with E-state index in [4.69, 9.17) is 5.73 Å². The Bertz CT molecular complexity index is 584. The molecule has 7 heteroatoms. The molecule has 0 amide bonds. The molecule has 1 atom stereocenters. The molecule has 1 aliphatic rings. The predicted octanol–water partition coefficient (Wildman–Crippen LogP) is 2.39. The fourth-order valence-corrected chi connectivity index (χ4v) is 5.66. The minimum atomic E-state index is -3.50. The summed E-state index contributed by atoms with van der Waals surface area (Å²) < 4.78 is 28.2. The first-order chi connectivity index (χ1) is 9.44. The normalized spacial score (nSPS) is 19.4. The molecular formula is C13H19BrN2O2S2. The second-order valence-electron chi connectivity index (χ2n) is 4.92. The van der Waals surface area contributed by atoms with Gasteiger partial charge in [0.2, 0.25) is 10.0 Å². The number of hydrogen-bond donors (Lipinski definition) is 2. The molecular weight excluding hydrogens is 360 g/mol. The van der Waals surface area contributed by atoms with Crippen LogP contribution in [-0.4, -0.2) is 26.0 Å². The van der Waals surface area contributed by atoms with E-state index in [-0.39, 0.29) is 4.90 Å². The zero-order valence-electron chi connectivity index (χ0n) is 11.4. The van der Waals surface area contributed by atoms with Crippen LogP contribution in [0.2, 0.25) is 0 Å². The Kier molecular flexibility index (Phi) is 5.53. The van der Waals surface area contributed by atoms with Crippen molar-refractivity contribution in [2.75, 3.05) is 12.3 Å². The van der Waals surface area contributed by atoms with Crippen LogP contribution in [-0.2, 0) is 16.6 Å². The van der Waals surface area contributed by atoms with Crippen molar-refractivity contribution in [2.45, 2.75) is 36.5 Å². The van der Waals surface area contributed by atoms with E-state index in [1.54, 1.807) is 6.07 Å². The second kappa shape index (κ2) is 6.79. The molecule has 0 aromatic heterocycles. The second-order valence-corrected chi connectivity index (χ2v) is 8.85. The van der Waals surface area contributed by atoms with E-state index in [2.05, 4.69) is 20.7 Å². The minimum Gasteiger partial charge on any atom is -0.326 e. The van der Waals surface area contributed by atoms with E-state index < -0.39 is 10.0 Å². The summed E-state index contributed by atoms with van der Waals surface area (Å²) in [6.45, 7) is 2.69. The third kappa shape index (κ3) is 3.76. The van der Waals surface area contributed by atoms with Crippen LogP contribution in [0.1, 0.15) is 24.0 Å². The number of aryl methyl sites for hydroxylation is 1. The summed E-state index contributed by atoms with van der Waals surface area (Å²) in [7, 11) is -3.50. The summed E-state index contributed by atoms with van der Waals surface area (Å²) >= 11 is 5.20. The topological polar surface area (TPSA) is 72.2 Å². The lowest BCUT2D eigenvalue weighted by Crippen LogP contribution is -2.30. The van der Waals surface area contributed by atoms with E-state index >= 15 is 0 Å². The molecule has 112 valence electrons. The van der Waals surface area contributed by atoms with Gasteiger partial charge in [0, 0.05) is 22.8 Å². The Morgan fingerprint density at radius 1 is 1.50 bits per heavy atom. The minimum absolute atomic E-state index is 0.279. The van der Waals surface area contributed by atoms with Crippen molar-refractivity contribution >= 4 is 37.7 Å². The highest BCUT2D eigenvalue weighted by Crippen LogP contribution is 2.29. The van der Waals surface area contributed by atoms with Gasteiger partial charge in [-0.1, -0.05) is 6.07 Å². The van der Waals surface area contributed by atoms with E-state index in [9.17, 15) is 8.42 Å². The van der Waals surface area contributed by atoms with Gasteiger partial charge in [-0.2, -0.15) is 11.8 Å². The van der Waals surface area contributed by atoms with Crippen LogP contribution >= 0.6 is 27.7 Å². The summed E-state index contributed by atoms with van der Waals surface area (Å²) in [5.74, 6) is 1.12. The molecule has 4 nitrogen and oxygen atoms in total. The standard InChI is InChI=1S/C13H19BrN2O2S2/c1-9-5-10(7-15)6-12(13(9)14)20(17,18)16-8-11-3-2-4-19-11/h5-6,11,16H,2-4,7-8,15H2,1H3. The van der Waals surface area contributed by atoms with Crippen molar-refractivity contribution in [3.63, 3.8) is 0 Å². The molecule has 0 aliphatic carbocycles. The lowest BCUT2D eigenvalue weighted by atomic mass is 10.1. The smallest absolute Gasteiger partial charge is 0.241 e. The number of nitrogens with one attached hydrogen (secondary N) is 1. The summed E-state index contributed by atoms with van der Waals surface area (Å²) in [5.41, 5.74) is 7.32. The first-order valence-corrected chi connectivity index (χ1v) is 9.87. The number of rotatable bonds is 5. The number of halogens is 1. The van der Waals surface area contributed by atoms with E-state index in [1.807, 2.05) is 24.8 Å². The van der Waals surface area contributed by atoms with E-state index in [0.717, 1.165) is 23.3 Å². The van der Waals surface area contributed by atoms with E-state index in [0.29, 0.717) is 22.8 Å². The zero-order chi connectivity index (χ0) is 14.8. The Morgan fingerprint density at radius 3 is 2.85 bits per heavy atom. The lowest BCUT2D eigenvalue weighted by molar-refractivity contribution is 0.578. The Balaban J connectivity index is 2.21. The van der Waals surface area contributed by atoms with Crippen molar-refractivity contribution in [3.05, 3.63) is 27.7 Å². The van der Waals surface area contributed by atoms with Crippen molar-refractivity contribution in [1.82, 2.24) is 4.72 Å². The van der Waals surface area contributed by atoms with Gasteiger partial charge in [0.15, 0.2) is 0 Å². The molecule has 1 aromatic rings. The Morgan fingerprint density at radius 2 is 2.25 bits per heavy atom. The average molecular weight is 379 g/mol. The first-order valence-electron chi connectivity index (χ1n) is 6.54. The molecule has 0 bridgehead atoms. The number of sulfonamides is 1. The first kappa shape index (κ1) is 16.3. The average Bonchev–Trinajstić information content (AvgIpc) is 2.92. The van der Waals surface area contributed by atoms with Gasteiger partial charge in [-0.15, -0.1) is 0 Å². The third-order valence-corrected chi connectivity index (χ3v) is 7.49. The monoisotopic (exact) mass is 378 g/mol. The SMILES string of the molecule is Cc1cc(CN)cc(S(=O)(=O)NCC2CCCS2)c1Br. The molecule has 1 saturated heterocycles. The molecule has 1 heterocycles. The van der Waals surface area contributed by atoms with Crippen molar-refractivity contribution < 1.29 is 8.42 Å². The van der Waals surface area contributed by atoms with Crippen molar-refractivity contribution in [3.8, 4) is 0 Å². The molecule has 1 aromatic carbocycles. The number of thioether (sulfide) groups is 1. The molecule has 0 saturated carbocycles. The number of nitrogens with two attached hydrogens (primary N) is 1. The molecule has 0 radical (unpaired) electrons. The van der Waals surface area contributed by atoms with Gasteiger partial charge in [-0.3, -0.25) is 0 Å². The highest BCUT2D eigenvalue weighted by Gasteiger charge is 2.23. The van der Waals surface area contributed by atoms with Crippen LogP contribution in [0.25, 0.3) is 0 Å². The van der Waals surface area contributed by atoms with Crippen molar-refractivity contribution in [2.24, 2.45) is 5.73 Å². The van der Waals surface area contributed by atoms with E-state index in [1.165, 1.54) is 6.42 Å². The maximum Gasteiger partial charge on any atom is 0.241 e. The zero-order valence-corrected chi connectivity index (χ0v) is 14.6. The molecule has 2 rings (SSSR count). The highest BCUT2D eigenvalue weighted by molar-refractivity contribution is 9.10. The van der Waals surface area contributed by atoms with Gasteiger partial charge in [-0.25, -0.2) is 13.1 Å². The largest absolute Gasteiger partial charge is 0.326 e. The number of hydrogen-bond acceptors (Lipinski definition) is 4.